The maximum Gasteiger partial charge on any atom is 0.0624 e. The summed E-state index contributed by atoms with van der Waals surface area (Å²) in [5, 5.41) is 6.76. The summed E-state index contributed by atoms with van der Waals surface area (Å²) < 4.78 is 0. The molecule has 2 heteroatoms. The summed E-state index contributed by atoms with van der Waals surface area (Å²) in [4.78, 5) is 0. The van der Waals surface area contributed by atoms with Gasteiger partial charge in [-0.2, -0.15) is 0 Å². The summed E-state index contributed by atoms with van der Waals surface area (Å²) >= 11 is 0. The van der Waals surface area contributed by atoms with Gasteiger partial charge in [0.05, 0.1) is 22.7 Å². The molecule has 0 fully saturated rings. The van der Waals surface area contributed by atoms with Gasteiger partial charge in [0.2, 0.25) is 0 Å². The first-order valence-corrected chi connectivity index (χ1v) is 7.07. The molecule has 0 aromatic heterocycles. The predicted molar refractivity (Wildman–Crippen MR) is 86.8 cm³/mol. The van der Waals surface area contributed by atoms with Gasteiger partial charge in [-0.25, -0.2) is 0 Å². The van der Waals surface area contributed by atoms with Crippen molar-refractivity contribution in [3.63, 3.8) is 0 Å². The first-order valence-electron chi connectivity index (χ1n) is 7.07. The minimum Gasteiger partial charge on any atom is -0.352 e. The summed E-state index contributed by atoms with van der Waals surface area (Å²) in [6, 6.07) is 16.4. The Labute approximate surface area is 116 Å². The fourth-order valence-corrected chi connectivity index (χ4v) is 1.69. The van der Waals surface area contributed by atoms with E-state index in [0.717, 1.165) is 22.7 Å². The Hall–Kier alpha value is -1.96. The lowest BCUT2D eigenvalue weighted by Crippen LogP contribution is -2.05. The Morgan fingerprint density at radius 3 is 1.05 bits per heavy atom. The Balaban J connectivity index is 0.000000321. The molecule has 0 aliphatic carbocycles. The average molecular weight is 256 g/mol. The molecule has 2 aromatic carbocycles. The first-order chi connectivity index (χ1) is 9.35. The molecule has 0 unspecified atom stereocenters. The van der Waals surface area contributed by atoms with Crippen LogP contribution in [-0.2, 0) is 0 Å². The van der Waals surface area contributed by atoms with Gasteiger partial charge in [0.1, 0.15) is 0 Å². The molecule has 2 aromatic rings. The van der Waals surface area contributed by atoms with E-state index in [1.807, 2.05) is 38.1 Å². The molecule has 0 radical (unpaired) electrons. The molecule has 19 heavy (non-hydrogen) atoms. The van der Waals surface area contributed by atoms with Crippen molar-refractivity contribution in [2.75, 3.05) is 10.6 Å². The molecule has 1 heterocycles. The highest BCUT2D eigenvalue weighted by atomic mass is 15.0. The number of hydrogen-bond donors (Lipinski definition) is 2. The van der Waals surface area contributed by atoms with Gasteiger partial charge < -0.3 is 10.6 Å². The van der Waals surface area contributed by atoms with Gasteiger partial charge in [-0.05, 0) is 24.3 Å². The highest BCUT2D eigenvalue weighted by Gasteiger charge is 2.11. The van der Waals surface area contributed by atoms with Crippen LogP contribution >= 0.6 is 0 Å². The van der Waals surface area contributed by atoms with E-state index in [1.165, 1.54) is 6.42 Å². The van der Waals surface area contributed by atoms with Gasteiger partial charge in [-0.1, -0.05) is 58.4 Å². The summed E-state index contributed by atoms with van der Waals surface area (Å²) in [5.41, 5.74) is 4.52. The van der Waals surface area contributed by atoms with E-state index in [-0.39, 0.29) is 0 Å². The van der Waals surface area contributed by atoms with Gasteiger partial charge in [-0.3, -0.25) is 0 Å². The maximum atomic E-state index is 3.38. The lowest BCUT2D eigenvalue weighted by Gasteiger charge is -2.22. The molecular weight excluding hydrogens is 232 g/mol. The third-order valence-corrected chi connectivity index (χ3v) is 2.39. The second kappa shape index (κ2) is 8.20. The fraction of sp³-hybridized carbons (Fsp3) is 0.294. The third-order valence-electron chi connectivity index (χ3n) is 2.39. The molecule has 2 N–H and O–H groups in total. The van der Waals surface area contributed by atoms with Crippen LogP contribution in [0.4, 0.5) is 22.7 Å². The van der Waals surface area contributed by atoms with Gasteiger partial charge in [-0.15, -0.1) is 0 Å². The van der Waals surface area contributed by atoms with E-state index in [1.54, 1.807) is 0 Å². The highest BCUT2D eigenvalue weighted by Crippen LogP contribution is 2.37. The van der Waals surface area contributed by atoms with Crippen LogP contribution in [0.1, 0.15) is 34.1 Å². The summed E-state index contributed by atoms with van der Waals surface area (Å²) in [6.45, 7) is 8.25. The Morgan fingerprint density at radius 2 is 0.842 bits per heavy atom. The zero-order chi connectivity index (χ0) is 14.1. The Kier molecular flexibility index (Phi) is 6.51. The van der Waals surface area contributed by atoms with Crippen LogP contribution in [-0.4, -0.2) is 0 Å². The van der Waals surface area contributed by atoms with Crippen LogP contribution in [0.3, 0.4) is 0 Å². The number of nitrogens with one attached hydrogen (secondary N) is 2. The molecule has 0 saturated heterocycles. The molecule has 102 valence electrons. The second-order valence-corrected chi connectivity index (χ2v) is 4.05. The average Bonchev–Trinajstić information content (AvgIpc) is 2.48. The standard InChI is InChI=1S/C12H10N2.C3H8.C2H6/c1-2-6-10-9(5-1)13-11-7-3-4-8-12(11)14-10;1-3-2;1-2/h1-8,13-14H;3H2,1-2H3;1-2H3. The van der Waals surface area contributed by atoms with Crippen LogP contribution in [0.5, 0.6) is 0 Å². The van der Waals surface area contributed by atoms with Crippen molar-refractivity contribution in [2.24, 2.45) is 0 Å². The maximum absolute atomic E-state index is 3.38. The molecule has 3 rings (SSSR count). The van der Waals surface area contributed by atoms with Crippen LogP contribution in [0.25, 0.3) is 0 Å². The third kappa shape index (κ3) is 4.02. The van der Waals surface area contributed by atoms with Gasteiger partial charge in [0.25, 0.3) is 0 Å². The molecule has 2 nitrogen and oxygen atoms in total. The van der Waals surface area contributed by atoms with E-state index >= 15 is 0 Å². The first kappa shape index (κ1) is 15.1. The number of para-hydroxylation sites is 4. The van der Waals surface area contributed by atoms with E-state index < -0.39 is 0 Å². The SMILES string of the molecule is CC.CCC.c1ccc2c(c1)Nc1ccccc1N2. The van der Waals surface area contributed by atoms with E-state index in [4.69, 9.17) is 0 Å². The topological polar surface area (TPSA) is 24.1 Å². The normalized spacial score (nSPS) is 10.1. The van der Waals surface area contributed by atoms with Crippen molar-refractivity contribution in [2.45, 2.75) is 34.1 Å². The van der Waals surface area contributed by atoms with E-state index in [0.29, 0.717) is 0 Å². The van der Waals surface area contributed by atoms with Crippen molar-refractivity contribution < 1.29 is 0 Å². The molecule has 0 saturated carbocycles. The number of anilines is 4. The van der Waals surface area contributed by atoms with Crippen LogP contribution in [0.2, 0.25) is 0 Å². The van der Waals surface area contributed by atoms with E-state index in [2.05, 4.69) is 48.7 Å². The van der Waals surface area contributed by atoms with Crippen molar-refractivity contribution in [3.05, 3.63) is 48.5 Å². The van der Waals surface area contributed by atoms with Crippen LogP contribution in [0.15, 0.2) is 48.5 Å². The zero-order valence-corrected chi connectivity index (χ0v) is 12.3. The van der Waals surface area contributed by atoms with Gasteiger partial charge >= 0.3 is 0 Å². The molecule has 1 aliphatic rings. The second-order valence-electron chi connectivity index (χ2n) is 4.05. The molecule has 0 bridgehead atoms. The van der Waals surface area contributed by atoms with Crippen molar-refractivity contribution in [3.8, 4) is 0 Å². The lowest BCUT2D eigenvalue weighted by atomic mass is 10.1. The zero-order valence-electron chi connectivity index (χ0n) is 12.3. The van der Waals surface area contributed by atoms with Crippen molar-refractivity contribution >= 4 is 22.7 Å². The number of benzene rings is 2. The minimum atomic E-state index is 1.13. The summed E-state index contributed by atoms with van der Waals surface area (Å²) in [7, 11) is 0. The minimum absolute atomic E-state index is 1.13. The van der Waals surface area contributed by atoms with Gasteiger partial charge in [0, 0.05) is 0 Å². The van der Waals surface area contributed by atoms with Crippen molar-refractivity contribution in [1.82, 2.24) is 0 Å². The predicted octanol–water partition coefficient (Wildman–Crippen LogP) is 5.93. The summed E-state index contributed by atoms with van der Waals surface area (Å²) in [5.74, 6) is 0. The number of hydrogen-bond acceptors (Lipinski definition) is 2. The van der Waals surface area contributed by atoms with Gasteiger partial charge in [0.15, 0.2) is 0 Å². The molecule has 0 atom stereocenters. The van der Waals surface area contributed by atoms with Crippen molar-refractivity contribution in [1.29, 1.82) is 0 Å². The molecule has 1 aliphatic heterocycles. The quantitative estimate of drug-likeness (QED) is 0.521. The van der Waals surface area contributed by atoms with Crippen LogP contribution in [0, 0.1) is 0 Å². The van der Waals surface area contributed by atoms with Crippen LogP contribution < -0.4 is 10.6 Å². The summed E-state index contributed by atoms with van der Waals surface area (Å²) in [6.07, 6.45) is 1.25. The van der Waals surface area contributed by atoms with E-state index in [9.17, 15) is 0 Å². The smallest absolute Gasteiger partial charge is 0.0624 e. The number of fused-ring (bicyclic) bond motifs is 2. The highest BCUT2D eigenvalue weighted by molar-refractivity contribution is 5.89. The Morgan fingerprint density at radius 1 is 0.632 bits per heavy atom. The fourth-order valence-electron chi connectivity index (χ4n) is 1.69. The Bertz CT molecular complexity index is 405. The molecule has 0 amide bonds. The largest absolute Gasteiger partial charge is 0.352 e. The molecule has 0 spiro atoms. The monoisotopic (exact) mass is 256 g/mol. The lowest BCUT2D eigenvalue weighted by molar-refractivity contribution is 1.09. The number of rotatable bonds is 0. The molecular formula is C17H24N2.